The van der Waals surface area contributed by atoms with Gasteiger partial charge in [-0.25, -0.2) is 0 Å². The minimum Gasteiger partial charge on any atom is -0.349 e. The van der Waals surface area contributed by atoms with Crippen molar-refractivity contribution in [3.8, 4) is 5.69 Å². The average Bonchev–Trinajstić information content (AvgIpc) is 2.72. The second-order valence-corrected chi connectivity index (χ2v) is 6.23. The van der Waals surface area contributed by atoms with Crippen LogP contribution in [0.15, 0.2) is 59.4 Å². The van der Waals surface area contributed by atoms with Crippen LogP contribution in [0.3, 0.4) is 0 Å². The van der Waals surface area contributed by atoms with E-state index < -0.39 is 0 Å². The quantitative estimate of drug-likeness (QED) is 0.699. The van der Waals surface area contributed by atoms with Gasteiger partial charge in [0.25, 0.3) is 11.5 Å². The van der Waals surface area contributed by atoms with Crippen LogP contribution in [0.1, 0.15) is 24.3 Å². The van der Waals surface area contributed by atoms with Crippen molar-refractivity contribution in [3.63, 3.8) is 0 Å². The molecule has 140 valence electrons. The summed E-state index contributed by atoms with van der Waals surface area (Å²) in [5.74, 6) is -0.275. The third kappa shape index (κ3) is 4.06. The van der Waals surface area contributed by atoms with E-state index in [1.807, 2.05) is 24.3 Å². The van der Waals surface area contributed by atoms with E-state index in [2.05, 4.69) is 29.2 Å². The van der Waals surface area contributed by atoms with E-state index in [0.717, 1.165) is 19.6 Å². The summed E-state index contributed by atoms with van der Waals surface area (Å²) >= 11 is 0. The highest BCUT2D eigenvalue weighted by Gasteiger charge is 2.17. The number of fused-ring (bicyclic) bond motifs is 1. The zero-order valence-corrected chi connectivity index (χ0v) is 15.7. The van der Waals surface area contributed by atoms with Crippen molar-refractivity contribution in [2.45, 2.75) is 13.8 Å². The van der Waals surface area contributed by atoms with Crippen molar-refractivity contribution in [1.29, 1.82) is 0 Å². The zero-order chi connectivity index (χ0) is 19.2. The number of nitrogens with one attached hydrogen (secondary N) is 1. The Kier molecular flexibility index (Phi) is 5.98. The van der Waals surface area contributed by atoms with E-state index in [0.29, 0.717) is 23.0 Å². The number of carbonyl (C=O) groups excluding carboxylic acids is 1. The minimum atomic E-state index is -0.275. The zero-order valence-electron chi connectivity index (χ0n) is 15.7. The molecule has 0 atom stereocenters. The monoisotopic (exact) mass is 364 g/mol. The largest absolute Gasteiger partial charge is 0.349 e. The van der Waals surface area contributed by atoms with Crippen LogP contribution in [0.2, 0.25) is 0 Å². The first-order valence-electron chi connectivity index (χ1n) is 9.23. The van der Waals surface area contributed by atoms with Crippen molar-refractivity contribution in [2.75, 3.05) is 26.2 Å². The summed E-state index contributed by atoms with van der Waals surface area (Å²) in [7, 11) is 0. The van der Waals surface area contributed by atoms with Gasteiger partial charge in [-0.1, -0.05) is 50.2 Å². The number of para-hydroxylation sites is 1. The number of nitrogens with zero attached hydrogens (tertiary/aromatic N) is 3. The predicted molar refractivity (Wildman–Crippen MR) is 107 cm³/mol. The fraction of sp³-hybridized carbons (Fsp3) is 0.286. The molecule has 0 saturated heterocycles. The lowest BCUT2D eigenvalue weighted by atomic mass is 10.1. The van der Waals surface area contributed by atoms with Gasteiger partial charge >= 0.3 is 0 Å². The van der Waals surface area contributed by atoms with Crippen LogP contribution in [0.25, 0.3) is 16.5 Å². The highest BCUT2D eigenvalue weighted by molar-refractivity contribution is 6.04. The summed E-state index contributed by atoms with van der Waals surface area (Å²) in [4.78, 5) is 27.9. The molecule has 0 aliphatic rings. The minimum absolute atomic E-state index is 0.239. The summed E-state index contributed by atoms with van der Waals surface area (Å²) in [5, 5.41) is 8.36. The van der Waals surface area contributed by atoms with Gasteiger partial charge in [-0.15, -0.1) is 0 Å². The van der Waals surface area contributed by atoms with Crippen LogP contribution in [0.4, 0.5) is 0 Å². The van der Waals surface area contributed by atoms with Crippen LogP contribution in [0, 0.1) is 0 Å². The van der Waals surface area contributed by atoms with Crippen molar-refractivity contribution in [3.05, 3.63) is 70.6 Å². The summed E-state index contributed by atoms with van der Waals surface area (Å²) in [6, 6.07) is 16.2. The lowest BCUT2D eigenvalue weighted by Gasteiger charge is -2.18. The van der Waals surface area contributed by atoms with Gasteiger partial charge in [-0.2, -0.15) is 9.78 Å². The fourth-order valence-electron chi connectivity index (χ4n) is 3.05. The molecule has 0 radical (unpaired) electrons. The second-order valence-electron chi connectivity index (χ2n) is 6.23. The highest BCUT2D eigenvalue weighted by Crippen LogP contribution is 2.15. The molecule has 0 aliphatic heterocycles. The first kappa shape index (κ1) is 18.8. The van der Waals surface area contributed by atoms with E-state index in [9.17, 15) is 9.59 Å². The van der Waals surface area contributed by atoms with Crippen LogP contribution in [-0.2, 0) is 0 Å². The molecule has 1 N–H and O–H groups in total. The number of likely N-dealkylation sites (N-methyl/N-ethyl adjacent to an activating group) is 1. The average molecular weight is 364 g/mol. The molecule has 0 saturated carbocycles. The summed E-state index contributed by atoms with van der Waals surface area (Å²) in [6.45, 7) is 7.36. The molecule has 1 heterocycles. The van der Waals surface area contributed by atoms with Crippen molar-refractivity contribution >= 4 is 16.7 Å². The Morgan fingerprint density at radius 3 is 2.30 bits per heavy atom. The van der Waals surface area contributed by atoms with E-state index in [1.54, 1.807) is 30.3 Å². The molecule has 3 aromatic rings. The number of hydrogen-bond acceptors (Lipinski definition) is 4. The van der Waals surface area contributed by atoms with Crippen LogP contribution < -0.4 is 10.9 Å². The van der Waals surface area contributed by atoms with Crippen molar-refractivity contribution < 1.29 is 4.79 Å². The molecular weight excluding hydrogens is 340 g/mol. The smallest absolute Gasteiger partial charge is 0.279 e. The van der Waals surface area contributed by atoms with Crippen LogP contribution in [-0.4, -0.2) is 46.8 Å². The Morgan fingerprint density at radius 1 is 1.00 bits per heavy atom. The molecule has 3 rings (SSSR count). The molecule has 0 aliphatic carbocycles. The maximum atomic E-state index is 12.8. The predicted octanol–water partition coefficient (Wildman–Crippen LogP) is 2.46. The van der Waals surface area contributed by atoms with Gasteiger partial charge in [0, 0.05) is 18.5 Å². The molecule has 6 heteroatoms. The fourth-order valence-corrected chi connectivity index (χ4v) is 3.05. The standard InChI is InChI=1S/C21H24N4O2/c1-3-24(4-2)15-14-22-20(26)19-17-12-8-9-13-18(17)21(27)25(23-19)16-10-6-5-7-11-16/h5-13H,3-4,14-15H2,1-2H3,(H,22,26). The first-order valence-corrected chi connectivity index (χ1v) is 9.23. The first-order chi connectivity index (χ1) is 13.2. The summed E-state index contributed by atoms with van der Waals surface area (Å²) in [6.07, 6.45) is 0. The SMILES string of the molecule is CCN(CC)CCNC(=O)c1nn(-c2ccccc2)c(=O)c2ccccc12. The van der Waals surface area contributed by atoms with Crippen LogP contribution in [0.5, 0.6) is 0 Å². The Morgan fingerprint density at radius 2 is 1.63 bits per heavy atom. The molecule has 0 unspecified atom stereocenters. The van der Waals surface area contributed by atoms with Gasteiger partial charge in [-0.3, -0.25) is 9.59 Å². The number of carbonyl (C=O) groups is 1. The number of hydrogen-bond donors (Lipinski definition) is 1. The Balaban J connectivity index is 1.98. The van der Waals surface area contributed by atoms with Crippen LogP contribution >= 0.6 is 0 Å². The topological polar surface area (TPSA) is 67.2 Å². The van der Waals surface area contributed by atoms with Gasteiger partial charge in [0.05, 0.1) is 11.1 Å². The lowest BCUT2D eigenvalue weighted by molar-refractivity contribution is 0.0944. The molecule has 0 fully saturated rings. The molecule has 27 heavy (non-hydrogen) atoms. The van der Waals surface area contributed by atoms with E-state index >= 15 is 0 Å². The van der Waals surface area contributed by atoms with E-state index in [-0.39, 0.29) is 17.2 Å². The molecule has 6 nitrogen and oxygen atoms in total. The second kappa shape index (κ2) is 8.60. The summed E-state index contributed by atoms with van der Waals surface area (Å²) < 4.78 is 1.29. The Labute approximate surface area is 158 Å². The van der Waals surface area contributed by atoms with E-state index in [1.165, 1.54) is 4.68 Å². The van der Waals surface area contributed by atoms with Crippen molar-refractivity contribution in [2.24, 2.45) is 0 Å². The maximum Gasteiger partial charge on any atom is 0.279 e. The number of amides is 1. The molecule has 1 amide bonds. The van der Waals surface area contributed by atoms with Gasteiger partial charge < -0.3 is 10.2 Å². The third-order valence-corrected chi connectivity index (χ3v) is 4.63. The Hall–Kier alpha value is -2.99. The molecule has 0 bridgehead atoms. The van der Waals surface area contributed by atoms with Gasteiger partial charge in [0.2, 0.25) is 0 Å². The molecule has 2 aromatic carbocycles. The van der Waals surface area contributed by atoms with Gasteiger partial charge in [0.15, 0.2) is 5.69 Å². The van der Waals surface area contributed by atoms with Gasteiger partial charge in [-0.05, 0) is 31.3 Å². The Bertz CT molecular complexity index is 978. The maximum absolute atomic E-state index is 12.8. The normalized spacial score (nSPS) is 11.1. The number of aromatic nitrogens is 2. The number of benzene rings is 2. The number of rotatable bonds is 7. The molecular formula is C21H24N4O2. The summed E-state index contributed by atoms with van der Waals surface area (Å²) in [5.41, 5.74) is 0.649. The van der Waals surface area contributed by atoms with E-state index in [4.69, 9.17) is 0 Å². The molecule has 0 spiro atoms. The highest BCUT2D eigenvalue weighted by atomic mass is 16.2. The molecule has 1 aromatic heterocycles. The lowest BCUT2D eigenvalue weighted by Crippen LogP contribution is -2.36. The third-order valence-electron chi connectivity index (χ3n) is 4.63. The van der Waals surface area contributed by atoms with Crippen molar-refractivity contribution in [1.82, 2.24) is 20.0 Å². The van der Waals surface area contributed by atoms with Gasteiger partial charge in [0.1, 0.15) is 0 Å².